The molecule has 5 nitrogen and oxygen atoms in total. The van der Waals surface area contributed by atoms with Crippen molar-refractivity contribution in [2.45, 2.75) is 65.1 Å². The molecule has 0 aromatic heterocycles. The van der Waals surface area contributed by atoms with Crippen molar-refractivity contribution in [3.8, 4) is 5.75 Å². The van der Waals surface area contributed by atoms with Crippen LogP contribution in [0.15, 0.2) is 72.8 Å². The summed E-state index contributed by atoms with van der Waals surface area (Å²) in [6, 6.07) is 21.6. The molecular formula is C31H36Cl2N2O3. The second kappa shape index (κ2) is 13.2. The van der Waals surface area contributed by atoms with E-state index in [1.54, 1.807) is 18.2 Å². The molecule has 7 heteroatoms. The number of hydrogen-bond donors (Lipinski definition) is 1. The fraction of sp³-hybridized carbons (Fsp3) is 0.355. The first-order valence-corrected chi connectivity index (χ1v) is 13.5. The standard InChI is InChI=1S/C31H36Cl2N2O3/c1-21(2)34-30(37)27(18-22-12-7-6-8-13-22)35(19-23-25(32)15-11-16-26(23)33)29(36)20-38-28-17-10-9-14-24(28)31(3,4)5/h6-17,21,27H,18-20H2,1-5H3,(H,34,37)/t27-/m0/s1. The second-order valence-electron chi connectivity index (χ2n) is 10.6. The Labute approximate surface area is 236 Å². The zero-order chi connectivity index (χ0) is 27.9. The Hall–Kier alpha value is -3.02. The average Bonchev–Trinajstić information content (AvgIpc) is 2.86. The van der Waals surface area contributed by atoms with Crippen molar-refractivity contribution in [2.24, 2.45) is 0 Å². The number of benzene rings is 3. The molecule has 0 aliphatic carbocycles. The molecule has 0 saturated heterocycles. The van der Waals surface area contributed by atoms with Crippen LogP contribution in [0.25, 0.3) is 0 Å². The van der Waals surface area contributed by atoms with Crippen LogP contribution < -0.4 is 10.1 Å². The first-order chi connectivity index (χ1) is 18.0. The lowest BCUT2D eigenvalue weighted by Gasteiger charge is -2.32. The average molecular weight is 556 g/mol. The lowest BCUT2D eigenvalue weighted by Crippen LogP contribution is -2.53. The first kappa shape index (κ1) is 29.5. The van der Waals surface area contributed by atoms with Gasteiger partial charge >= 0.3 is 0 Å². The van der Waals surface area contributed by atoms with Crippen LogP contribution in [0.2, 0.25) is 10.0 Å². The van der Waals surface area contributed by atoms with Gasteiger partial charge in [-0.1, -0.05) is 98.6 Å². The highest BCUT2D eigenvalue weighted by Crippen LogP contribution is 2.31. The smallest absolute Gasteiger partial charge is 0.261 e. The monoisotopic (exact) mass is 554 g/mol. The molecule has 0 fully saturated rings. The van der Waals surface area contributed by atoms with Gasteiger partial charge in [-0.25, -0.2) is 0 Å². The fourth-order valence-corrected chi connectivity index (χ4v) is 4.74. The predicted octanol–water partition coefficient (Wildman–Crippen LogP) is 6.83. The van der Waals surface area contributed by atoms with Crippen LogP contribution in [0.4, 0.5) is 0 Å². The van der Waals surface area contributed by atoms with Gasteiger partial charge in [-0.2, -0.15) is 0 Å². The number of para-hydroxylation sites is 1. The zero-order valence-electron chi connectivity index (χ0n) is 22.6. The summed E-state index contributed by atoms with van der Waals surface area (Å²) in [7, 11) is 0. The Morgan fingerprint density at radius 3 is 2.11 bits per heavy atom. The summed E-state index contributed by atoms with van der Waals surface area (Å²) in [5.41, 5.74) is 2.33. The minimum absolute atomic E-state index is 0.0602. The van der Waals surface area contributed by atoms with E-state index in [9.17, 15) is 9.59 Å². The number of nitrogens with zero attached hydrogens (tertiary/aromatic N) is 1. The molecule has 0 bridgehead atoms. The highest BCUT2D eigenvalue weighted by atomic mass is 35.5. The molecule has 0 radical (unpaired) electrons. The molecule has 3 aromatic rings. The lowest BCUT2D eigenvalue weighted by atomic mass is 9.86. The topological polar surface area (TPSA) is 58.6 Å². The molecule has 3 aromatic carbocycles. The minimum Gasteiger partial charge on any atom is -0.483 e. The van der Waals surface area contributed by atoms with Gasteiger partial charge < -0.3 is 15.0 Å². The highest BCUT2D eigenvalue weighted by molar-refractivity contribution is 6.36. The normalized spacial score (nSPS) is 12.2. The van der Waals surface area contributed by atoms with Gasteiger partial charge in [0.15, 0.2) is 6.61 Å². The molecule has 0 unspecified atom stereocenters. The highest BCUT2D eigenvalue weighted by Gasteiger charge is 2.32. The lowest BCUT2D eigenvalue weighted by molar-refractivity contribution is -0.143. The number of rotatable bonds is 10. The van der Waals surface area contributed by atoms with Gasteiger partial charge in [-0.3, -0.25) is 9.59 Å². The molecule has 1 N–H and O–H groups in total. The number of carbonyl (C=O) groups excluding carboxylic acids is 2. The van der Waals surface area contributed by atoms with E-state index in [0.29, 0.717) is 27.8 Å². The summed E-state index contributed by atoms with van der Waals surface area (Å²) in [6.07, 6.45) is 0.325. The van der Waals surface area contributed by atoms with Crippen molar-refractivity contribution in [1.29, 1.82) is 0 Å². The van der Waals surface area contributed by atoms with E-state index < -0.39 is 6.04 Å². The van der Waals surface area contributed by atoms with E-state index in [-0.39, 0.29) is 36.4 Å². The number of amides is 2. The molecule has 0 aliphatic heterocycles. The van der Waals surface area contributed by atoms with E-state index >= 15 is 0 Å². The van der Waals surface area contributed by atoms with Gasteiger partial charge in [0.2, 0.25) is 5.91 Å². The van der Waals surface area contributed by atoms with Gasteiger partial charge in [-0.05, 0) is 48.6 Å². The van der Waals surface area contributed by atoms with Crippen molar-refractivity contribution in [2.75, 3.05) is 6.61 Å². The zero-order valence-corrected chi connectivity index (χ0v) is 24.1. The number of hydrogen-bond acceptors (Lipinski definition) is 3. The van der Waals surface area contributed by atoms with Gasteiger partial charge in [0.25, 0.3) is 5.91 Å². The van der Waals surface area contributed by atoms with E-state index in [0.717, 1.165) is 11.1 Å². The predicted molar refractivity (Wildman–Crippen MR) is 155 cm³/mol. The summed E-state index contributed by atoms with van der Waals surface area (Å²) in [6.45, 7) is 9.88. The minimum atomic E-state index is -0.805. The molecule has 1 atom stereocenters. The van der Waals surface area contributed by atoms with E-state index in [2.05, 4.69) is 26.1 Å². The maximum Gasteiger partial charge on any atom is 0.261 e. The van der Waals surface area contributed by atoms with Crippen LogP contribution in [-0.2, 0) is 28.0 Å². The Bertz CT molecular complexity index is 1220. The molecule has 2 amide bonds. The summed E-state index contributed by atoms with van der Waals surface area (Å²) in [5, 5.41) is 3.83. The molecular weight excluding hydrogens is 519 g/mol. The third-order valence-corrected chi connectivity index (χ3v) is 6.85. The molecule has 38 heavy (non-hydrogen) atoms. The number of ether oxygens (including phenoxy) is 1. The number of nitrogens with one attached hydrogen (secondary N) is 1. The third kappa shape index (κ3) is 7.99. The molecule has 0 heterocycles. The maximum atomic E-state index is 13.9. The molecule has 0 aliphatic rings. The molecule has 0 spiro atoms. The third-order valence-electron chi connectivity index (χ3n) is 6.14. The van der Waals surface area contributed by atoms with E-state index in [4.69, 9.17) is 27.9 Å². The largest absolute Gasteiger partial charge is 0.483 e. The van der Waals surface area contributed by atoms with Crippen molar-refractivity contribution < 1.29 is 14.3 Å². The summed E-state index contributed by atoms with van der Waals surface area (Å²) >= 11 is 13.0. The Kier molecular flexibility index (Phi) is 10.2. The van der Waals surface area contributed by atoms with Crippen molar-refractivity contribution >= 4 is 35.0 Å². The van der Waals surface area contributed by atoms with Crippen LogP contribution >= 0.6 is 23.2 Å². The second-order valence-corrected chi connectivity index (χ2v) is 11.4. The van der Waals surface area contributed by atoms with Gasteiger partial charge in [-0.15, -0.1) is 0 Å². The van der Waals surface area contributed by atoms with Crippen LogP contribution in [-0.4, -0.2) is 35.4 Å². The van der Waals surface area contributed by atoms with Crippen LogP contribution in [0.5, 0.6) is 5.75 Å². The summed E-state index contributed by atoms with van der Waals surface area (Å²) in [4.78, 5) is 28.9. The Balaban J connectivity index is 1.99. The number of halogens is 2. The Morgan fingerprint density at radius 1 is 0.895 bits per heavy atom. The van der Waals surface area contributed by atoms with Gasteiger partial charge in [0.05, 0.1) is 0 Å². The van der Waals surface area contributed by atoms with E-state index in [1.807, 2.05) is 68.4 Å². The fourth-order valence-electron chi connectivity index (χ4n) is 4.22. The van der Waals surface area contributed by atoms with Gasteiger partial charge in [0, 0.05) is 34.6 Å². The molecule has 202 valence electrons. The SMILES string of the molecule is CC(C)NC(=O)[C@H](Cc1ccccc1)N(Cc1c(Cl)cccc1Cl)C(=O)COc1ccccc1C(C)(C)C. The van der Waals surface area contributed by atoms with Gasteiger partial charge in [0.1, 0.15) is 11.8 Å². The summed E-state index contributed by atoms with van der Waals surface area (Å²) in [5.74, 6) is 0.0373. The molecule has 0 saturated carbocycles. The van der Waals surface area contributed by atoms with Crippen molar-refractivity contribution in [3.05, 3.63) is 99.5 Å². The quantitative estimate of drug-likeness (QED) is 0.298. The molecule has 3 rings (SSSR count). The van der Waals surface area contributed by atoms with Crippen molar-refractivity contribution in [1.82, 2.24) is 10.2 Å². The maximum absolute atomic E-state index is 13.9. The van der Waals surface area contributed by atoms with Crippen molar-refractivity contribution in [3.63, 3.8) is 0 Å². The summed E-state index contributed by atoms with van der Waals surface area (Å²) < 4.78 is 6.08. The number of carbonyl (C=O) groups is 2. The van der Waals surface area contributed by atoms with Crippen LogP contribution in [0, 0.1) is 0 Å². The van der Waals surface area contributed by atoms with Crippen LogP contribution in [0.1, 0.15) is 51.3 Å². The van der Waals surface area contributed by atoms with Crippen LogP contribution in [0.3, 0.4) is 0 Å². The van der Waals surface area contributed by atoms with E-state index in [1.165, 1.54) is 4.90 Å². The first-order valence-electron chi connectivity index (χ1n) is 12.8. The Morgan fingerprint density at radius 2 is 1.50 bits per heavy atom.